The van der Waals surface area contributed by atoms with Crippen molar-refractivity contribution in [3.8, 4) is 0 Å². The summed E-state index contributed by atoms with van der Waals surface area (Å²) < 4.78 is 0. The lowest BCUT2D eigenvalue weighted by molar-refractivity contribution is 0.516. The summed E-state index contributed by atoms with van der Waals surface area (Å²) in [6.07, 6.45) is 9.98. The zero-order valence-electron chi connectivity index (χ0n) is 10.5. The third-order valence-corrected chi connectivity index (χ3v) is 2.24. The summed E-state index contributed by atoms with van der Waals surface area (Å²) in [6.45, 7) is 13.1. The summed E-state index contributed by atoms with van der Waals surface area (Å²) in [7, 11) is 0. The summed E-state index contributed by atoms with van der Waals surface area (Å²) >= 11 is 0. The van der Waals surface area contributed by atoms with E-state index in [1.165, 1.54) is 11.1 Å². The van der Waals surface area contributed by atoms with Crippen LogP contribution in [0.15, 0.2) is 35.5 Å². The third-order valence-electron chi connectivity index (χ3n) is 2.24. The molecule has 0 nitrogen and oxygen atoms in total. The Balaban J connectivity index is 4.92. The Morgan fingerprint density at radius 1 is 1.21 bits per heavy atom. The maximum absolute atomic E-state index is 2.27. The van der Waals surface area contributed by atoms with Gasteiger partial charge < -0.3 is 0 Å². The van der Waals surface area contributed by atoms with Gasteiger partial charge in [-0.2, -0.15) is 0 Å². The van der Waals surface area contributed by atoms with E-state index >= 15 is 0 Å². The van der Waals surface area contributed by atoms with E-state index in [4.69, 9.17) is 0 Å². The van der Waals surface area contributed by atoms with Gasteiger partial charge in [0, 0.05) is 0 Å². The summed E-state index contributed by atoms with van der Waals surface area (Å²) in [6, 6.07) is 0. The fourth-order valence-electron chi connectivity index (χ4n) is 1.09. The van der Waals surface area contributed by atoms with Gasteiger partial charge in [-0.1, -0.05) is 57.6 Å². The van der Waals surface area contributed by atoms with E-state index in [0.29, 0.717) is 0 Å². The van der Waals surface area contributed by atoms with E-state index in [1.807, 2.05) is 0 Å². The molecular weight excluding hydrogens is 168 g/mol. The second-order valence-electron chi connectivity index (χ2n) is 4.69. The smallest absolute Gasteiger partial charge is 0.0132 e. The van der Waals surface area contributed by atoms with Crippen molar-refractivity contribution in [2.75, 3.05) is 0 Å². The summed E-state index contributed by atoms with van der Waals surface area (Å²) in [5.74, 6) is 0. The Labute approximate surface area is 89.4 Å². The predicted octanol–water partition coefficient (Wildman–Crippen LogP) is 4.89. The van der Waals surface area contributed by atoms with Crippen LogP contribution in [-0.2, 0) is 0 Å². The lowest BCUT2D eigenvalue weighted by Gasteiger charge is -2.20. The van der Waals surface area contributed by atoms with Crippen LogP contribution in [0.2, 0.25) is 0 Å². The second kappa shape index (κ2) is 5.85. The van der Waals surface area contributed by atoms with Gasteiger partial charge in [-0.15, -0.1) is 0 Å². The number of hydrogen-bond acceptors (Lipinski definition) is 0. The lowest BCUT2D eigenvalue weighted by Crippen LogP contribution is -2.07. The Morgan fingerprint density at radius 3 is 2.14 bits per heavy atom. The van der Waals surface area contributed by atoms with Crippen molar-refractivity contribution in [1.82, 2.24) is 0 Å². The first-order valence-electron chi connectivity index (χ1n) is 5.43. The average Bonchev–Trinajstić information content (AvgIpc) is 2.09. The lowest BCUT2D eigenvalue weighted by atomic mass is 9.85. The Kier molecular flexibility index (Phi) is 5.52. The predicted molar refractivity (Wildman–Crippen MR) is 66.4 cm³/mol. The minimum absolute atomic E-state index is 0.232. The molecule has 14 heavy (non-hydrogen) atoms. The maximum atomic E-state index is 2.27. The number of hydrogen-bond donors (Lipinski definition) is 0. The van der Waals surface area contributed by atoms with Crippen LogP contribution in [0.25, 0.3) is 0 Å². The molecule has 0 N–H and O–H groups in total. The van der Waals surface area contributed by atoms with E-state index in [-0.39, 0.29) is 5.41 Å². The Morgan fingerprint density at radius 2 is 1.79 bits per heavy atom. The molecule has 0 aromatic rings. The molecule has 0 aromatic carbocycles. The van der Waals surface area contributed by atoms with Crippen molar-refractivity contribution in [3.05, 3.63) is 35.5 Å². The van der Waals surface area contributed by atoms with Crippen LogP contribution in [0.3, 0.4) is 0 Å². The SMILES string of the molecule is C\C=C(C)/C=C(\C=C\CC)C(C)(C)C. The van der Waals surface area contributed by atoms with Crippen molar-refractivity contribution in [2.45, 2.75) is 48.0 Å². The first kappa shape index (κ1) is 13.2. The summed E-state index contributed by atoms with van der Waals surface area (Å²) in [4.78, 5) is 0. The molecule has 0 aliphatic rings. The van der Waals surface area contributed by atoms with Gasteiger partial charge in [0.1, 0.15) is 0 Å². The molecule has 0 aliphatic heterocycles. The van der Waals surface area contributed by atoms with Crippen molar-refractivity contribution in [3.63, 3.8) is 0 Å². The molecule has 0 heteroatoms. The molecule has 0 unspecified atom stereocenters. The van der Waals surface area contributed by atoms with Crippen LogP contribution < -0.4 is 0 Å². The Bertz CT molecular complexity index is 244. The number of rotatable bonds is 3. The van der Waals surface area contributed by atoms with E-state index in [2.05, 4.69) is 65.8 Å². The van der Waals surface area contributed by atoms with Gasteiger partial charge in [-0.05, 0) is 31.3 Å². The number of allylic oxidation sites excluding steroid dienone is 6. The van der Waals surface area contributed by atoms with E-state index in [1.54, 1.807) is 0 Å². The molecule has 0 aromatic heterocycles. The van der Waals surface area contributed by atoms with Gasteiger partial charge in [0.25, 0.3) is 0 Å². The molecule has 0 rings (SSSR count). The van der Waals surface area contributed by atoms with Crippen LogP contribution in [0.4, 0.5) is 0 Å². The monoisotopic (exact) mass is 192 g/mol. The fraction of sp³-hybridized carbons (Fsp3) is 0.571. The van der Waals surface area contributed by atoms with Gasteiger partial charge in [0.05, 0.1) is 0 Å². The van der Waals surface area contributed by atoms with Gasteiger partial charge in [-0.3, -0.25) is 0 Å². The van der Waals surface area contributed by atoms with Crippen LogP contribution in [0, 0.1) is 5.41 Å². The molecular formula is C14H24. The largest absolute Gasteiger partial charge is 0.0847 e. The van der Waals surface area contributed by atoms with Gasteiger partial charge in [0.2, 0.25) is 0 Å². The highest BCUT2D eigenvalue weighted by Crippen LogP contribution is 2.27. The molecule has 0 atom stereocenters. The highest BCUT2D eigenvalue weighted by atomic mass is 14.2. The molecule has 0 heterocycles. The molecule has 0 saturated carbocycles. The van der Waals surface area contributed by atoms with E-state index in [0.717, 1.165) is 6.42 Å². The molecule has 80 valence electrons. The van der Waals surface area contributed by atoms with E-state index in [9.17, 15) is 0 Å². The van der Waals surface area contributed by atoms with Gasteiger partial charge in [0.15, 0.2) is 0 Å². The van der Waals surface area contributed by atoms with Crippen molar-refractivity contribution >= 4 is 0 Å². The van der Waals surface area contributed by atoms with E-state index < -0.39 is 0 Å². The normalized spacial score (nSPS) is 15.3. The van der Waals surface area contributed by atoms with Gasteiger partial charge in [-0.25, -0.2) is 0 Å². The maximum Gasteiger partial charge on any atom is -0.0132 e. The van der Waals surface area contributed by atoms with Crippen LogP contribution in [0.1, 0.15) is 48.0 Å². The van der Waals surface area contributed by atoms with Crippen LogP contribution in [-0.4, -0.2) is 0 Å². The van der Waals surface area contributed by atoms with Crippen molar-refractivity contribution < 1.29 is 0 Å². The second-order valence-corrected chi connectivity index (χ2v) is 4.69. The van der Waals surface area contributed by atoms with Crippen LogP contribution >= 0.6 is 0 Å². The van der Waals surface area contributed by atoms with Crippen LogP contribution in [0.5, 0.6) is 0 Å². The standard InChI is InChI=1S/C14H24/c1-7-9-10-13(14(4,5)6)11-12(3)8-2/h8-11H,7H2,1-6H3/b10-9+,12-8-,13-11+. The Hall–Kier alpha value is -0.780. The molecule has 0 spiro atoms. The first-order chi connectivity index (χ1) is 6.41. The molecule has 0 bridgehead atoms. The quantitative estimate of drug-likeness (QED) is 0.558. The zero-order valence-corrected chi connectivity index (χ0v) is 10.5. The van der Waals surface area contributed by atoms with Crippen molar-refractivity contribution in [1.29, 1.82) is 0 Å². The average molecular weight is 192 g/mol. The third kappa shape index (κ3) is 5.06. The minimum atomic E-state index is 0.232. The summed E-state index contributed by atoms with van der Waals surface area (Å²) in [5.41, 5.74) is 2.96. The molecule has 0 fully saturated rings. The molecule has 0 amide bonds. The highest BCUT2D eigenvalue weighted by molar-refractivity contribution is 5.32. The first-order valence-corrected chi connectivity index (χ1v) is 5.43. The molecule has 0 saturated heterocycles. The molecule has 0 aliphatic carbocycles. The highest BCUT2D eigenvalue weighted by Gasteiger charge is 2.13. The van der Waals surface area contributed by atoms with Crippen molar-refractivity contribution in [2.24, 2.45) is 5.41 Å². The molecule has 0 radical (unpaired) electrons. The summed E-state index contributed by atoms with van der Waals surface area (Å²) in [5, 5.41) is 0. The topological polar surface area (TPSA) is 0 Å². The minimum Gasteiger partial charge on any atom is -0.0847 e. The fourth-order valence-corrected chi connectivity index (χ4v) is 1.09. The van der Waals surface area contributed by atoms with Gasteiger partial charge >= 0.3 is 0 Å². The zero-order chi connectivity index (χ0) is 11.2.